The molecule has 0 spiro atoms. The first-order chi connectivity index (χ1) is 15.0. The van der Waals surface area contributed by atoms with Crippen molar-refractivity contribution in [3.05, 3.63) is 65.2 Å². The van der Waals surface area contributed by atoms with Gasteiger partial charge in [-0.05, 0) is 25.3 Å². The number of nitrogens with zero attached hydrogens (tertiary/aromatic N) is 3. The highest BCUT2D eigenvalue weighted by atomic mass is 32.2. The number of oxime groups is 3. The van der Waals surface area contributed by atoms with Crippen LogP contribution in [0.25, 0.3) is 0 Å². The van der Waals surface area contributed by atoms with E-state index in [4.69, 9.17) is 19.2 Å². The molecule has 8 nitrogen and oxygen atoms in total. The van der Waals surface area contributed by atoms with Gasteiger partial charge in [-0.15, -0.1) is 11.8 Å². The molecule has 0 heterocycles. The lowest BCUT2D eigenvalue weighted by atomic mass is 10.0. The fourth-order valence-electron chi connectivity index (χ4n) is 2.67. The summed E-state index contributed by atoms with van der Waals surface area (Å²) in [5.74, 6) is -0.614. The fourth-order valence-corrected chi connectivity index (χ4v) is 3.08. The standard InChI is InChI=1S/C22H25N3O5S/c1-15(20(24-28-3)16-10-12-18(31-5)13-11-16)23-30-14-17-8-6-7-9-19(17)21(25-29-4)22(26)27-2/h6-13H,14H2,1-5H3/b23-15+,24-20-,25-21-. The highest BCUT2D eigenvalue weighted by Crippen LogP contribution is 2.17. The normalized spacial score (nSPS) is 12.4. The number of ether oxygens (including phenoxy) is 1. The zero-order valence-electron chi connectivity index (χ0n) is 18.1. The molecule has 0 aromatic heterocycles. The zero-order valence-corrected chi connectivity index (χ0v) is 18.9. The molecular formula is C22H25N3O5S. The maximum absolute atomic E-state index is 12.1. The average Bonchev–Trinajstić information content (AvgIpc) is 2.81. The molecule has 0 aliphatic rings. The van der Waals surface area contributed by atoms with Gasteiger partial charge < -0.3 is 19.2 Å². The summed E-state index contributed by atoms with van der Waals surface area (Å²) in [4.78, 5) is 28.5. The molecule has 0 radical (unpaired) electrons. The Morgan fingerprint density at radius 1 is 0.903 bits per heavy atom. The lowest BCUT2D eigenvalue weighted by molar-refractivity contribution is -0.132. The van der Waals surface area contributed by atoms with Crippen LogP contribution in [0.5, 0.6) is 0 Å². The van der Waals surface area contributed by atoms with Gasteiger partial charge in [0.15, 0.2) is 5.71 Å². The van der Waals surface area contributed by atoms with Crippen LogP contribution in [0, 0.1) is 0 Å². The van der Waals surface area contributed by atoms with E-state index >= 15 is 0 Å². The van der Waals surface area contributed by atoms with Gasteiger partial charge in [0, 0.05) is 21.6 Å². The molecular weight excluding hydrogens is 418 g/mol. The maximum Gasteiger partial charge on any atom is 0.360 e. The second-order valence-electron chi connectivity index (χ2n) is 6.07. The van der Waals surface area contributed by atoms with Crippen molar-refractivity contribution in [1.29, 1.82) is 0 Å². The summed E-state index contributed by atoms with van der Waals surface area (Å²) in [5, 5.41) is 12.1. The van der Waals surface area contributed by atoms with E-state index in [-0.39, 0.29) is 12.3 Å². The zero-order chi connectivity index (χ0) is 22.6. The van der Waals surface area contributed by atoms with Crippen molar-refractivity contribution >= 4 is 34.9 Å². The number of methoxy groups -OCH3 is 1. The third-order valence-electron chi connectivity index (χ3n) is 4.14. The molecule has 31 heavy (non-hydrogen) atoms. The number of hydrogen-bond acceptors (Lipinski definition) is 9. The second kappa shape index (κ2) is 12.4. The van der Waals surface area contributed by atoms with E-state index in [2.05, 4.69) is 15.5 Å². The van der Waals surface area contributed by atoms with Gasteiger partial charge in [-0.25, -0.2) is 4.79 Å². The maximum atomic E-state index is 12.1. The fraction of sp³-hybridized carbons (Fsp3) is 0.273. The van der Waals surface area contributed by atoms with Crippen molar-refractivity contribution < 1.29 is 24.0 Å². The molecule has 0 aliphatic heterocycles. The predicted molar refractivity (Wildman–Crippen MR) is 122 cm³/mol. The minimum absolute atomic E-state index is 0.0421. The van der Waals surface area contributed by atoms with E-state index in [1.54, 1.807) is 36.9 Å². The van der Waals surface area contributed by atoms with Gasteiger partial charge in [-0.2, -0.15) is 0 Å². The summed E-state index contributed by atoms with van der Waals surface area (Å²) in [5.41, 5.74) is 3.21. The Balaban J connectivity index is 2.23. The molecule has 0 bridgehead atoms. The Kier molecular flexibility index (Phi) is 9.57. The lowest BCUT2D eigenvalue weighted by Crippen LogP contribution is -2.19. The van der Waals surface area contributed by atoms with E-state index in [0.717, 1.165) is 10.5 Å². The summed E-state index contributed by atoms with van der Waals surface area (Å²) >= 11 is 1.66. The SMILES string of the molecule is CO/N=C(\C(=O)OC)c1ccccc1CO/N=C(C)/C(=N/OC)c1ccc(SC)cc1. The molecule has 9 heteroatoms. The van der Waals surface area contributed by atoms with Crippen LogP contribution in [0.3, 0.4) is 0 Å². The molecule has 0 N–H and O–H groups in total. The van der Waals surface area contributed by atoms with Crippen molar-refractivity contribution in [3.8, 4) is 0 Å². The molecule has 0 saturated carbocycles. The Bertz CT molecular complexity index is 971. The Morgan fingerprint density at radius 2 is 1.55 bits per heavy atom. The molecule has 164 valence electrons. The van der Waals surface area contributed by atoms with E-state index in [1.807, 2.05) is 36.6 Å². The predicted octanol–water partition coefficient (Wildman–Crippen LogP) is 3.88. The first-order valence-corrected chi connectivity index (χ1v) is 10.5. The third kappa shape index (κ3) is 6.58. The van der Waals surface area contributed by atoms with E-state index < -0.39 is 5.97 Å². The molecule has 0 amide bonds. The summed E-state index contributed by atoms with van der Waals surface area (Å²) < 4.78 is 4.79. The van der Waals surface area contributed by atoms with E-state index in [0.29, 0.717) is 22.6 Å². The summed E-state index contributed by atoms with van der Waals surface area (Å²) in [7, 11) is 4.12. The molecule has 0 unspecified atom stereocenters. The van der Waals surface area contributed by atoms with E-state index in [1.165, 1.54) is 21.3 Å². The number of rotatable bonds is 10. The molecule has 2 aromatic rings. The van der Waals surface area contributed by atoms with Gasteiger partial charge in [-0.1, -0.05) is 51.9 Å². The van der Waals surface area contributed by atoms with Gasteiger partial charge in [0.05, 0.1) is 7.11 Å². The van der Waals surface area contributed by atoms with Crippen LogP contribution in [0.2, 0.25) is 0 Å². The first kappa shape index (κ1) is 23.9. The van der Waals surface area contributed by atoms with E-state index in [9.17, 15) is 4.79 Å². The number of benzene rings is 2. The number of carbonyl (C=O) groups excluding carboxylic acids is 1. The van der Waals surface area contributed by atoms with Crippen LogP contribution in [-0.4, -0.2) is 50.7 Å². The topological polar surface area (TPSA) is 91.1 Å². The lowest BCUT2D eigenvalue weighted by Gasteiger charge is -2.10. The largest absolute Gasteiger partial charge is 0.464 e. The van der Waals surface area contributed by atoms with Crippen molar-refractivity contribution in [1.82, 2.24) is 0 Å². The van der Waals surface area contributed by atoms with Crippen LogP contribution in [0.1, 0.15) is 23.6 Å². The minimum Gasteiger partial charge on any atom is -0.464 e. The van der Waals surface area contributed by atoms with Gasteiger partial charge in [0.1, 0.15) is 32.2 Å². The molecule has 0 saturated heterocycles. The minimum atomic E-state index is -0.614. The summed E-state index contributed by atoms with van der Waals surface area (Å²) in [6.07, 6.45) is 2.01. The Labute approximate surface area is 185 Å². The summed E-state index contributed by atoms with van der Waals surface area (Å²) in [6, 6.07) is 15.0. The average molecular weight is 444 g/mol. The van der Waals surface area contributed by atoms with Crippen LogP contribution in [-0.2, 0) is 30.7 Å². The van der Waals surface area contributed by atoms with Crippen molar-refractivity contribution in [2.45, 2.75) is 18.4 Å². The molecule has 0 atom stereocenters. The van der Waals surface area contributed by atoms with Crippen molar-refractivity contribution in [2.24, 2.45) is 15.5 Å². The quantitative estimate of drug-likeness (QED) is 0.240. The van der Waals surface area contributed by atoms with Crippen LogP contribution in [0.15, 0.2) is 68.9 Å². The number of hydrogen-bond donors (Lipinski definition) is 0. The molecule has 2 aromatic carbocycles. The smallest absolute Gasteiger partial charge is 0.360 e. The van der Waals surface area contributed by atoms with Gasteiger partial charge in [-0.3, -0.25) is 0 Å². The number of esters is 1. The Hall–Kier alpha value is -3.33. The van der Waals surface area contributed by atoms with Crippen molar-refractivity contribution in [3.63, 3.8) is 0 Å². The van der Waals surface area contributed by atoms with Gasteiger partial charge in [0.2, 0.25) is 0 Å². The number of carbonyl (C=O) groups is 1. The highest BCUT2D eigenvalue weighted by Gasteiger charge is 2.19. The highest BCUT2D eigenvalue weighted by molar-refractivity contribution is 7.98. The van der Waals surface area contributed by atoms with Crippen LogP contribution < -0.4 is 0 Å². The monoisotopic (exact) mass is 443 g/mol. The second-order valence-corrected chi connectivity index (χ2v) is 6.95. The van der Waals surface area contributed by atoms with Gasteiger partial charge in [0.25, 0.3) is 0 Å². The van der Waals surface area contributed by atoms with Crippen LogP contribution in [0.4, 0.5) is 0 Å². The van der Waals surface area contributed by atoms with Gasteiger partial charge >= 0.3 is 5.97 Å². The Morgan fingerprint density at radius 3 is 2.16 bits per heavy atom. The molecule has 2 rings (SSSR count). The third-order valence-corrected chi connectivity index (χ3v) is 4.89. The first-order valence-electron chi connectivity index (χ1n) is 9.25. The summed E-state index contributed by atoms with van der Waals surface area (Å²) in [6.45, 7) is 1.87. The molecule has 0 aliphatic carbocycles. The molecule has 0 fully saturated rings. The van der Waals surface area contributed by atoms with Crippen LogP contribution >= 0.6 is 11.8 Å². The number of thioether (sulfide) groups is 1. The van der Waals surface area contributed by atoms with Crippen molar-refractivity contribution in [2.75, 3.05) is 27.6 Å².